The van der Waals surface area contributed by atoms with E-state index >= 15 is 0 Å². The smallest absolute Gasteiger partial charge is 0.317 e. The molecule has 4 aromatic rings. The van der Waals surface area contributed by atoms with Gasteiger partial charge in [0.25, 0.3) is 5.69 Å². The molecule has 0 bridgehead atoms. The third-order valence-corrected chi connectivity index (χ3v) is 6.32. The van der Waals surface area contributed by atoms with Gasteiger partial charge in [-0.05, 0) is 41.3 Å². The maximum absolute atomic E-state index is 11.5. The Bertz CT molecular complexity index is 1350. The van der Waals surface area contributed by atoms with Crippen molar-refractivity contribution in [2.45, 2.75) is 19.2 Å². The first-order valence-corrected chi connectivity index (χ1v) is 11.7. The third-order valence-electron chi connectivity index (χ3n) is 5.10. The molecule has 0 spiro atoms. The van der Waals surface area contributed by atoms with Crippen LogP contribution in [0.25, 0.3) is 6.08 Å². The lowest BCUT2D eigenvalue weighted by Gasteiger charge is -2.16. The number of benzene rings is 2. The summed E-state index contributed by atoms with van der Waals surface area (Å²) in [6.45, 7) is 1.04. The van der Waals surface area contributed by atoms with Gasteiger partial charge in [-0.15, -0.1) is 11.3 Å². The van der Waals surface area contributed by atoms with Crippen molar-refractivity contribution in [2.24, 2.45) is 0 Å². The number of nitro groups is 2. The van der Waals surface area contributed by atoms with Gasteiger partial charge in [-0.25, -0.2) is 9.13 Å². The molecule has 0 N–H and O–H groups in total. The SMILES string of the molecule is O=[N+]([O-])c1ccc(OC(Cn2cc[n+](CC=Cc3ccc(Cl)cc3)c2)c2cccs2)c([N+](=O)[O-])c1. The predicted molar refractivity (Wildman–Crippen MR) is 133 cm³/mol. The second-order valence-electron chi connectivity index (χ2n) is 7.55. The molecule has 0 fully saturated rings. The van der Waals surface area contributed by atoms with Gasteiger partial charge in [-0.1, -0.05) is 35.9 Å². The van der Waals surface area contributed by atoms with Gasteiger partial charge >= 0.3 is 5.69 Å². The predicted octanol–water partition coefficient (Wildman–Crippen LogP) is 5.84. The average molecular weight is 512 g/mol. The molecule has 0 aliphatic carbocycles. The molecule has 0 saturated heterocycles. The van der Waals surface area contributed by atoms with Crippen LogP contribution in [0.3, 0.4) is 0 Å². The minimum absolute atomic E-state index is 0.0232. The molecule has 1 atom stereocenters. The number of thiophene rings is 1. The van der Waals surface area contributed by atoms with Crippen molar-refractivity contribution in [3.63, 3.8) is 0 Å². The van der Waals surface area contributed by atoms with Crippen LogP contribution in [-0.4, -0.2) is 14.4 Å². The maximum atomic E-state index is 11.5. The molecule has 0 radical (unpaired) electrons. The summed E-state index contributed by atoms with van der Waals surface area (Å²) < 4.78 is 9.96. The van der Waals surface area contributed by atoms with Crippen molar-refractivity contribution in [3.05, 3.63) is 120 Å². The van der Waals surface area contributed by atoms with Crippen molar-refractivity contribution in [1.82, 2.24) is 4.57 Å². The van der Waals surface area contributed by atoms with E-state index in [4.69, 9.17) is 16.3 Å². The summed E-state index contributed by atoms with van der Waals surface area (Å²) in [7, 11) is 0. The summed E-state index contributed by atoms with van der Waals surface area (Å²) in [6, 6.07) is 14.7. The van der Waals surface area contributed by atoms with Gasteiger partial charge in [0.15, 0.2) is 11.9 Å². The maximum Gasteiger partial charge on any atom is 0.317 e. The average Bonchev–Trinajstić information content (AvgIpc) is 3.52. The number of hydrogen-bond donors (Lipinski definition) is 0. The molecule has 4 rings (SSSR count). The first kappa shape index (κ1) is 24.1. The number of halogens is 1. The number of rotatable bonds is 10. The molecule has 11 heteroatoms. The fraction of sp³-hybridized carbons (Fsp3) is 0.125. The van der Waals surface area contributed by atoms with E-state index in [1.807, 2.05) is 81.8 Å². The van der Waals surface area contributed by atoms with Gasteiger partial charge < -0.3 is 4.74 Å². The number of hydrogen-bond acceptors (Lipinski definition) is 6. The summed E-state index contributed by atoms with van der Waals surface area (Å²) in [4.78, 5) is 22.1. The number of non-ortho nitro benzene ring substituents is 1. The van der Waals surface area contributed by atoms with Gasteiger partial charge in [0.05, 0.1) is 15.9 Å². The highest BCUT2D eigenvalue weighted by molar-refractivity contribution is 7.10. The molecule has 1 unspecified atom stereocenters. The van der Waals surface area contributed by atoms with Crippen LogP contribution in [0.5, 0.6) is 5.75 Å². The zero-order valence-corrected chi connectivity index (χ0v) is 19.8. The van der Waals surface area contributed by atoms with E-state index < -0.39 is 21.6 Å². The molecule has 35 heavy (non-hydrogen) atoms. The van der Waals surface area contributed by atoms with Gasteiger partial charge in [0.1, 0.15) is 25.5 Å². The van der Waals surface area contributed by atoms with Crippen LogP contribution in [0.4, 0.5) is 11.4 Å². The van der Waals surface area contributed by atoms with E-state index in [-0.39, 0.29) is 11.4 Å². The summed E-state index contributed by atoms with van der Waals surface area (Å²) >= 11 is 7.38. The lowest BCUT2D eigenvalue weighted by molar-refractivity contribution is -0.686. The molecule has 2 aromatic heterocycles. The fourth-order valence-corrected chi connectivity index (χ4v) is 4.28. The molecule has 178 valence electrons. The number of allylic oxidation sites excluding steroid dienone is 1. The number of ether oxygens (including phenoxy) is 1. The first-order valence-electron chi connectivity index (χ1n) is 10.5. The molecule has 0 aliphatic heterocycles. The first-order chi connectivity index (χ1) is 16.9. The Morgan fingerprint density at radius 3 is 2.60 bits per heavy atom. The number of aromatic nitrogens is 2. The minimum Gasteiger partial charge on any atom is -0.474 e. The minimum atomic E-state index is -0.676. The van der Waals surface area contributed by atoms with Crippen molar-refractivity contribution in [1.29, 1.82) is 0 Å². The van der Waals surface area contributed by atoms with E-state index in [2.05, 4.69) is 0 Å². The van der Waals surface area contributed by atoms with Gasteiger partial charge in [-0.2, -0.15) is 0 Å². The van der Waals surface area contributed by atoms with E-state index in [1.54, 1.807) is 0 Å². The topological polar surface area (TPSA) is 104 Å². The summed E-state index contributed by atoms with van der Waals surface area (Å²) in [5, 5.41) is 25.2. The van der Waals surface area contributed by atoms with Crippen molar-refractivity contribution >= 4 is 40.4 Å². The Morgan fingerprint density at radius 1 is 1.11 bits per heavy atom. The molecule has 0 amide bonds. The van der Waals surface area contributed by atoms with Crippen molar-refractivity contribution < 1.29 is 19.2 Å². The van der Waals surface area contributed by atoms with Crippen LogP contribution in [0.15, 0.2) is 84.8 Å². The normalized spacial score (nSPS) is 12.0. The molecular formula is C24H20ClN4O5S+. The summed E-state index contributed by atoms with van der Waals surface area (Å²) in [5.74, 6) is -0.0232. The van der Waals surface area contributed by atoms with Gasteiger partial charge in [0, 0.05) is 16.0 Å². The zero-order chi connectivity index (χ0) is 24.8. The second-order valence-corrected chi connectivity index (χ2v) is 8.96. The Kier molecular flexibility index (Phi) is 7.54. The van der Waals surface area contributed by atoms with Crippen LogP contribution < -0.4 is 9.30 Å². The number of nitro benzene ring substituents is 2. The van der Waals surface area contributed by atoms with Crippen LogP contribution >= 0.6 is 22.9 Å². The van der Waals surface area contributed by atoms with E-state index in [9.17, 15) is 20.2 Å². The highest BCUT2D eigenvalue weighted by atomic mass is 35.5. The number of nitrogens with zero attached hydrogens (tertiary/aromatic N) is 4. The summed E-state index contributed by atoms with van der Waals surface area (Å²) in [5.41, 5.74) is 0.232. The van der Waals surface area contributed by atoms with Crippen LogP contribution in [0.1, 0.15) is 16.5 Å². The Hall–Kier alpha value is -4.02. The lowest BCUT2D eigenvalue weighted by atomic mass is 10.2. The zero-order valence-electron chi connectivity index (χ0n) is 18.3. The lowest BCUT2D eigenvalue weighted by Crippen LogP contribution is -2.30. The monoisotopic (exact) mass is 511 g/mol. The molecule has 2 heterocycles. The Labute approximate surface area is 209 Å². The van der Waals surface area contributed by atoms with Crippen LogP contribution in [-0.2, 0) is 13.1 Å². The van der Waals surface area contributed by atoms with Crippen LogP contribution in [0, 0.1) is 20.2 Å². The van der Waals surface area contributed by atoms with E-state index in [0.717, 1.165) is 16.5 Å². The van der Waals surface area contributed by atoms with Crippen molar-refractivity contribution in [2.75, 3.05) is 0 Å². The largest absolute Gasteiger partial charge is 0.474 e. The molecule has 0 saturated carbocycles. The second kappa shape index (κ2) is 10.9. The Balaban J connectivity index is 1.50. The summed E-state index contributed by atoms with van der Waals surface area (Å²) in [6.07, 6.45) is 9.24. The molecular weight excluding hydrogens is 492 g/mol. The standard InChI is InChI=1S/C24H20ClN4O5S/c25-19-7-5-18(6-8-19)3-1-11-26-12-13-27(17-26)16-23(24-4-2-14-35-24)34-22-10-9-20(28(30)31)15-21(22)29(32)33/h1-10,12-15,17,23H,11,16H2/q+1. The highest BCUT2D eigenvalue weighted by Gasteiger charge is 2.26. The van der Waals surface area contributed by atoms with Gasteiger partial charge in [-0.3, -0.25) is 20.2 Å². The Morgan fingerprint density at radius 2 is 1.91 bits per heavy atom. The molecule has 9 nitrogen and oxygen atoms in total. The fourth-order valence-electron chi connectivity index (χ4n) is 3.41. The third kappa shape index (κ3) is 6.31. The molecule has 0 aliphatic rings. The van der Waals surface area contributed by atoms with E-state index in [0.29, 0.717) is 18.1 Å². The van der Waals surface area contributed by atoms with Gasteiger partial charge in [0.2, 0.25) is 6.33 Å². The van der Waals surface area contributed by atoms with Crippen molar-refractivity contribution in [3.8, 4) is 5.75 Å². The highest BCUT2D eigenvalue weighted by Crippen LogP contribution is 2.35. The molecule has 2 aromatic carbocycles. The quantitative estimate of drug-likeness (QED) is 0.151. The number of imidazole rings is 1. The van der Waals surface area contributed by atoms with Crippen LogP contribution in [0.2, 0.25) is 5.02 Å². The van der Waals surface area contributed by atoms with E-state index in [1.165, 1.54) is 23.5 Å².